The van der Waals surface area contributed by atoms with Gasteiger partial charge in [0.05, 0.1) is 0 Å². The first-order valence-electron chi connectivity index (χ1n) is 4.79. The van der Waals surface area contributed by atoms with Gasteiger partial charge in [0, 0.05) is 11.3 Å². The molecule has 0 aliphatic rings. The summed E-state index contributed by atoms with van der Waals surface area (Å²) in [6.45, 7) is 1.95. The number of anilines is 1. The van der Waals surface area contributed by atoms with E-state index in [2.05, 4.69) is 0 Å². The second-order valence-corrected chi connectivity index (χ2v) is 3.61. The molecule has 0 heterocycles. The maximum atomic E-state index is 13.5. The van der Waals surface area contributed by atoms with Crippen molar-refractivity contribution in [1.82, 2.24) is 0 Å². The molecule has 2 rings (SSSR count). The van der Waals surface area contributed by atoms with E-state index in [1.165, 1.54) is 6.07 Å². The minimum absolute atomic E-state index is 0.220. The molecule has 0 unspecified atom stereocenters. The van der Waals surface area contributed by atoms with Crippen molar-refractivity contribution in [3.05, 3.63) is 53.8 Å². The van der Waals surface area contributed by atoms with E-state index in [9.17, 15) is 4.39 Å². The van der Waals surface area contributed by atoms with Crippen LogP contribution >= 0.6 is 0 Å². The van der Waals surface area contributed by atoms with Crippen LogP contribution in [0.4, 0.5) is 10.1 Å². The third-order valence-electron chi connectivity index (χ3n) is 2.28. The Balaban J connectivity index is 2.59. The molecule has 0 spiro atoms. The number of nitrogen functional groups attached to an aromatic ring is 1. The van der Waals surface area contributed by atoms with Gasteiger partial charge in [0.15, 0.2) is 0 Å². The number of hydrogen-bond acceptors (Lipinski definition) is 1. The van der Waals surface area contributed by atoms with Crippen molar-refractivity contribution in [3.63, 3.8) is 0 Å². The van der Waals surface area contributed by atoms with Crippen LogP contribution in [0.3, 0.4) is 0 Å². The molecule has 76 valence electrons. The maximum Gasteiger partial charge on any atom is 0.131 e. The monoisotopic (exact) mass is 201 g/mol. The largest absolute Gasteiger partial charge is 0.399 e. The summed E-state index contributed by atoms with van der Waals surface area (Å²) in [7, 11) is 0. The van der Waals surface area contributed by atoms with Crippen molar-refractivity contribution >= 4 is 5.69 Å². The Hall–Kier alpha value is -1.83. The molecule has 0 saturated heterocycles. The minimum Gasteiger partial charge on any atom is -0.399 e. The molecule has 0 saturated carbocycles. The van der Waals surface area contributed by atoms with Crippen molar-refractivity contribution < 1.29 is 4.39 Å². The molecule has 1 nitrogen and oxygen atoms in total. The second kappa shape index (κ2) is 3.73. The molecule has 2 aromatic rings. The third kappa shape index (κ3) is 1.99. The van der Waals surface area contributed by atoms with Gasteiger partial charge in [0.1, 0.15) is 5.82 Å². The molecule has 0 radical (unpaired) electrons. The number of rotatable bonds is 1. The van der Waals surface area contributed by atoms with Gasteiger partial charge < -0.3 is 5.73 Å². The molecule has 0 aromatic heterocycles. The Morgan fingerprint density at radius 1 is 1.07 bits per heavy atom. The Kier molecular flexibility index (Phi) is 2.42. The number of nitrogens with two attached hydrogens (primary N) is 1. The molecule has 15 heavy (non-hydrogen) atoms. The maximum absolute atomic E-state index is 13.5. The highest BCUT2D eigenvalue weighted by atomic mass is 19.1. The van der Waals surface area contributed by atoms with Crippen LogP contribution in [-0.2, 0) is 0 Å². The van der Waals surface area contributed by atoms with Crippen LogP contribution in [0.25, 0.3) is 11.1 Å². The Morgan fingerprint density at radius 2 is 1.80 bits per heavy atom. The van der Waals surface area contributed by atoms with Crippen molar-refractivity contribution in [2.24, 2.45) is 0 Å². The van der Waals surface area contributed by atoms with E-state index in [4.69, 9.17) is 5.73 Å². The van der Waals surface area contributed by atoms with Crippen LogP contribution in [0.1, 0.15) is 5.56 Å². The summed E-state index contributed by atoms with van der Waals surface area (Å²) in [5, 5.41) is 0. The van der Waals surface area contributed by atoms with Crippen LogP contribution in [0.15, 0.2) is 42.5 Å². The lowest BCUT2D eigenvalue weighted by Gasteiger charge is -2.05. The first-order valence-corrected chi connectivity index (χ1v) is 4.79. The zero-order chi connectivity index (χ0) is 10.8. The molecule has 0 atom stereocenters. The number of hydrogen-bond donors (Lipinski definition) is 1. The Bertz CT molecular complexity index is 471. The first kappa shape index (κ1) is 9.71. The zero-order valence-electron chi connectivity index (χ0n) is 8.50. The Morgan fingerprint density at radius 3 is 2.47 bits per heavy atom. The summed E-state index contributed by atoms with van der Waals surface area (Å²) >= 11 is 0. The average molecular weight is 201 g/mol. The third-order valence-corrected chi connectivity index (χ3v) is 2.28. The molecule has 0 fully saturated rings. The minimum atomic E-state index is -0.220. The number of aryl methyl sites for hydroxylation is 1. The summed E-state index contributed by atoms with van der Waals surface area (Å²) < 4.78 is 13.5. The highest BCUT2D eigenvalue weighted by molar-refractivity contribution is 5.68. The van der Waals surface area contributed by atoms with Crippen LogP contribution in [0.2, 0.25) is 0 Å². The smallest absolute Gasteiger partial charge is 0.131 e. The lowest BCUT2D eigenvalue weighted by Crippen LogP contribution is -1.89. The predicted octanol–water partition coefficient (Wildman–Crippen LogP) is 3.38. The Labute approximate surface area is 88.4 Å². The van der Waals surface area contributed by atoms with Gasteiger partial charge in [0.2, 0.25) is 0 Å². The van der Waals surface area contributed by atoms with Crippen LogP contribution in [0.5, 0.6) is 0 Å². The van der Waals surface area contributed by atoms with Crippen LogP contribution in [0, 0.1) is 12.7 Å². The fourth-order valence-corrected chi connectivity index (χ4v) is 1.66. The SMILES string of the molecule is Cc1cc(N)cc(-c2ccccc2F)c1. The van der Waals surface area contributed by atoms with E-state index < -0.39 is 0 Å². The van der Waals surface area contributed by atoms with E-state index in [1.807, 2.05) is 25.1 Å². The molecular formula is C13H12FN. The highest BCUT2D eigenvalue weighted by Crippen LogP contribution is 2.25. The summed E-state index contributed by atoms with van der Waals surface area (Å²) in [4.78, 5) is 0. The van der Waals surface area contributed by atoms with E-state index in [-0.39, 0.29) is 5.82 Å². The fraction of sp³-hybridized carbons (Fsp3) is 0.0769. The van der Waals surface area contributed by atoms with Gasteiger partial charge in [0.25, 0.3) is 0 Å². The van der Waals surface area contributed by atoms with Gasteiger partial charge in [-0.05, 0) is 36.2 Å². The second-order valence-electron chi connectivity index (χ2n) is 3.61. The molecule has 2 aromatic carbocycles. The summed E-state index contributed by atoms with van der Waals surface area (Å²) in [5.41, 5.74) is 8.84. The molecule has 0 aliphatic heterocycles. The van der Waals surface area contributed by atoms with Gasteiger partial charge in [-0.3, -0.25) is 0 Å². The van der Waals surface area contributed by atoms with Gasteiger partial charge in [-0.25, -0.2) is 4.39 Å². The number of benzene rings is 2. The molecule has 0 amide bonds. The van der Waals surface area contributed by atoms with Gasteiger partial charge >= 0.3 is 0 Å². The lowest BCUT2D eigenvalue weighted by atomic mass is 10.0. The predicted molar refractivity (Wildman–Crippen MR) is 61.0 cm³/mol. The summed E-state index contributed by atoms with van der Waals surface area (Å²) in [6.07, 6.45) is 0. The van der Waals surface area contributed by atoms with Crippen molar-refractivity contribution in [1.29, 1.82) is 0 Å². The quantitative estimate of drug-likeness (QED) is 0.703. The molecule has 2 N–H and O–H groups in total. The average Bonchev–Trinajstić information content (AvgIpc) is 2.16. The van der Waals surface area contributed by atoms with E-state index in [0.717, 1.165) is 11.1 Å². The van der Waals surface area contributed by atoms with Crippen LogP contribution in [-0.4, -0.2) is 0 Å². The normalized spacial score (nSPS) is 10.3. The lowest BCUT2D eigenvalue weighted by molar-refractivity contribution is 0.631. The molecule has 0 aliphatic carbocycles. The van der Waals surface area contributed by atoms with E-state index in [0.29, 0.717) is 11.3 Å². The van der Waals surface area contributed by atoms with E-state index >= 15 is 0 Å². The standard InChI is InChI=1S/C13H12FN/c1-9-6-10(8-11(15)7-9)12-4-2-3-5-13(12)14/h2-8H,15H2,1H3. The molecule has 0 bridgehead atoms. The zero-order valence-corrected chi connectivity index (χ0v) is 8.50. The van der Waals surface area contributed by atoms with Gasteiger partial charge in [-0.15, -0.1) is 0 Å². The van der Waals surface area contributed by atoms with E-state index in [1.54, 1.807) is 18.2 Å². The summed E-state index contributed by atoms with van der Waals surface area (Å²) in [5.74, 6) is -0.220. The van der Waals surface area contributed by atoms with Crippen LogP contribution < -0.4 is 5.73 Å². The molecular weight excluding hydrogens is 189 g/mol. The number of halogens is 1. The molecule has 2 heteroatoms. The van der Waals surface area contributed by atoms with Crippen molar-refractivity contribution in [2.45, 2.75) is 6.92 Å². The topological polar surface area (TPSA) is 26.0 Å². The first-order chi connectivity index (χ1) is 7.16. The van der Waals surface area contributed by atoms with Crippen molar-refractivity contribution in [3.8, 4) is 11.1 Å². The van der Waals surface area contributed by atoms with Gasteiger partial charge in [-0.2, -0.15) is 0 Å². The van der Waals surface area contributed by atoms with Crippen molar-refractivity contribution in [2.75, 3.05) is 5.73 Å². The summed E-state index contributed by atoms with van der Waals surface area (Å²) in [6, 6.07) is 12.3. The highest BCUT2D eigenvalue weighted by Gasteiger charge is 2.04. The van der Waals surface area contributed by atoms with Gasteiger partial charge in [-0.1, -0.05) is 24.3 Å². The fourth-order valence-electron chi connectivity index (χ4n) is 1.66.